The number of amides is 1. The number of aryl methyl sites for hydroxylation is 1. The Labute approximate surface area is 138 Å². The van der Waals surface area contributed by atoms with Crippen LogP contribution in [0.15, 0.2) is 28.7 Å². The van der Waals surface area contributed by atoms with E-state index in [1.807, 2.05) is 24.3 Å². The summed E-state index contributed by atoms with van der Waals surface area (Å²) in [7, 11) is 2.93. The van der Waals surface area contributed by atoms with Crippen molar-refractivity contribution < 1.29 is 19.1 Å². The van der Waals surface area contributed by atoms with Gasteiger partial charge in [-0.3, -0.25) is 4.79 Å². The second kappa shape index (κ2) is 7.74. The first-order valence-corrected chi connectivity index (χ1v) is 7.99. The summed E-state index contributed by atoms with van der Waals surface area (Å²) in [5.41, 5.74) is 1.08. The van der Waals surface area contributed by atoms with Gasteiger partial charge in [-0.15, -0.1) is 0 Å². The van der Waals surface area contributed by atoms with E-state index >= 15 is 0 Å². The van der Waals surface area contributed by atoms with Crippen LogP contribution in [0.3, 0.4) is 0 Å². The van der Waals surface area contributed by atoms with Gasteiger partial charge in [0.15, 0.2) is 0 Å². The summed E-state index contributed by atoms with van der Waals surface area (Å²) in [6, 6.07) is 7.28. The Balaban J connectivity index is 2.01. The van der Waals surface area contributed by atoms with Crippen molar-refractivity contribution in [3.63, 3.8) is 0 Å². The molecule has 0 aromatic heterocycles. The van der Waals surface area contributed by atoms with E-state index in [2.05, 4.69) is 15.9 Å². The molecule has 1 fully saturated rings. The number of nitrogens with zero attached hydrogens (tertiary/aromatic N) is 1. The number of carbonyl (C=O) groups excluding carboxylic acids is 2. The maximum absolute atomic E-state index is 12.5. The zero-order valence-electron chi connectivity index (χ0n) is 12.8. The number of likely N-dealkylation sites (tertiary alicyclic amines) is 1. The SMILES string of the molecule is COC(=O)[C@@H]1C[C@@H](OC)CN1C(=O)CCc1ccccc1Br. The van der Waals surface area contributed by atoms with Gasteiger partial charge in [-0.2, -0.15) is 0 Å². The molecule has 22 heavy (non-hydrogen) atoms. The summed E-state index contributed by atoms with van der Waals surface area (Å²) < 4.78 is 11.1. The zero-order chi connectivity index (χ0) is 16.1. The number of hydrogen-bond donors (Lipinski definition) is 0. The van der Waals surface area contributed by atoms with Crippen molar-refractivity contribution in [2.45, 2.75) is 31.4 Å². The molecule has 1 aliphatic rings. The van der Waals surface area contributed by atoms with Crippen molar-refractivity contribution >= 4 is 27.8 Å². The van der Waals surface area contributed by atoms with E-state index in [-0.39, 0.29) is 18.0 Å². The molecule has 0 spiro atoms. The Hall–Kier alpha value is -1.40. The molecule has 120 valence electrons. The second-order valence-corrected chi connectivity index (χ2v) is 6.12. The molecule has 0 saturated carbocycles. The van der Waals surface area contributed by atoms with E-state index in [0.717, 1.165) is 10.0 Å². The lowest BCUT2D eigenvalue weighted by Crippen LogP contribution is -2.41. The van der Waals surface area contributed by atoms with Gasteiger partial charge in [-0.25, -0.2) is 4.79 Å². The van der Waals surface area contributed by atoms with Crippen LogP contribution in [0.4, 0.5) is 0 Å². The van der Waals surface area contributed by atoms with Crippen molar-refractivity contribution in [2.75, 3.05) is 20.8 Å². The summed E-state index contributed by atoms with van der Waals surface area (Å²) in [5.74, 6) is -0.431. The van der Waals surface area contributed by atoms with E-state index in [4.69, 9.17) is 9.47 Å². The Morgan fingerprint density at radius 1 is 1.32 bits per heavy atom. The quantitative estimate of drug-likeness (QED) is 0.746. The minimum atomic E-state index is -0.540. The lowest BCUT2D eigenvalue weighted by atomic mass is 10.1. The normalized spacial score (nSPS) is 21.0. The first-order valence-electron chi connectivity index (χ1n) is 7.20. The summed E-state index contributed by atoms with van der Waals surface area (Å²) in [6.07, 6.45) is 1.36. The maximum atomic E-state index is 12.5. The van der Waals surface area contributed by atoms with Crippen molar-refractivity contribution in [3.8, 4) is 0 Å². The highest BCUT2D eigenvalue weighted by molar-refractivity contribution is 9.10. The first kappa shape index (κ1) is 17.0. The van der Waals surface area contributed by atoms with Crippen molar-refractivity contribution in [3.05, 3.63) is 34.3 Å². The molecule has 0 bridgehead atoms. The highest BCUT2D eigenvalue weighted by Gasteiger charge is 2.40. The minimum absolute atomic E-state index is 0.0503. The van der Waals surface area contributed by atoms with Crippen LogP contribution in [-0.2, 0) is 25.5 Å². The predicted molar refractivity (Wildman–Crippen MR) is 85.4 cm³/mol. The molecule has 2 rings (SSSR count). The number of methoxy groups -OCH3 is 2. The molecular weight excluding hydrogens is 350 g/mol. The van der Waals surface area contributed by atoms with Crippen molar-refractivity contribution in [1.29, 1.82) is 0 Å². The third-order valence-electron chi connectivity index (χ3n) is 3.96. The number of hydrogen-bond acceptors (Lipinski definition) is 4. The number of rotatable bonds is 5. The van der Waals surface area contributed by atoms with E-state index in [1.54, 1.807) is 12.0 Å². The van der Waals surface area contributed by atoms with Gasteiger partial charge >= 0.3 is 5.97 Å². The number of carbonyl (C=O) groups is 2. The van der Waals surface area contributed by atoms with Crippen molar-refractivity contribution in [1.82, 2.24) is 4.90 Å². The lowest BCUT2D eigenvalue weighted by molar-refractivity contribution is -0.150. The molecule has 1 aromatic rings. The van der Waals surface area contributed by atoms with Crippen LogP contribution < -0.4 is 0 Å². The zero-order valence-corrected chi connectivity index (χ0v) is 14.3. The largest absolute Gasteiger partial charge is 0.467 e. The van der Waals surface area contributed by atoms with Crippen LogP contribution in [0, 0.1) is 0 Å². The van der Waals surface area contributed by atoms with Crippen LogP contribution in [0.1, 0.15) is 18.4 Å². The number of esters is 1. The van der Waals surface area contributed by atoms with Gasteiger partial charge in [0.25, 0.3) is 0 Å². The summed E-state index contributed by atoms with van der Waals surface area (Å²) in [5, 5.41) is 0. The topological polar surface area (TPSA) is 55.8 Å². The Kier molecular flexibility index (Phi) is 5.97. The van der Waals surface area contributed by atoms with Crippen molar-refractivity contribution in [2.24, 2.45) is 0 Å². The standard InChI is InChI=1S/C16H20BrNO4/c1-21-12-9-14(16(20)22-2)18(10-12)15(19)8-7-11-5-3-4-6-13(11)17/h3-6,12,14H,7-10H2,1-2H3/t12-,14+/m1/s1. The predicted octanol–water partition coefficient (Wildman–Crippen LogP) is 2.17. The Bertz CT molecular complexity index is 549. The number of halogens is 1. The number of benzene rings is 1. The molecule has 1 amide bonds. The molecule has 2 atom stereocenters. The van der Waals surface area contributed by atoms with Gasteiger partial charge in [-0.1, -0.05) is 34.1 Å². The molecule has 6 heteroatoms. The smallest absolute Gasteiger partial charge is 0.328 e. The molecule has 0 aliphatic carbocycles. The minimum Gasteiger partial charge on any atom is -0.467 e. The third kappa shape index (κ3) is 3.87. The fraction of sp³-hybridized carbons (Fsp3) is 0.500. The van der Waals surface area contributed by atoms with Gasteiger partial charge in [0.05, 0.1) is 13.2 Å². The van der Waals surface area contributed by atoms with Gasteiger partial charge in [-0.05, 0) is 18.1 Å². The van der Waals surface area contributed by atoms with Crippen LogP contribution in [-0.4, -0.2) is 49.7 Å². The van der Waals surface area contributed by atoms with E-state index in [9.17, 15) is 9.59 Å². The van der Waals surface area contributed by atoms with E-state index in [1.165, 1.54) is 7.11 Å². The van der Waals surface area contributed by atoms with E-state index in [0.29, 0.717) is 25.8 Å². The molecule has 0 N–H and O–H groups in total. The lowest BCUT2D eigenvalue weighted by Gasteiger charge is -2.22. The second-order valence-electron chi connectivity index (χ2n) is 5.27. The molecular formula is C16H20BrNO4. The Morgan fingerprint density at radius 2 is 2.05 bits per heavy atom. The average Bonchev–Trinajstić information content (AvgIpc) is 2.97. The highest BCUT2D eigenvalue weighted by Crippen LogP contribution is 2.23. The van der Waals surface area contributed by atoms with E-state index < -0.39 is 6.04 Å². The van der Waals surface area contributed by atoms with Crippen LogP contribution in [0.25, 0.3) is 0 Å². The average molecular weight is 370 g/mol. The number of ether oxygens (including phenoxy) is 2. The van der Waals surface area contributed by atoms with Crippen LogP contribution in [0.5, 0.6) is 0 Å². The molecule has 1 aliphatic heterocycles. The highest BCUT2D eigenvalue weighted by atomic mass is 79.9. The van der Waals surface area contributed by atoms with Gasteiger partial charge < -0.3 is 14.4 Å². The summed E-state index contributed by atoms with van der Waals surface area (Å²) in [4.78, 5) is 25.9. The summed E-state index contributed by atoms with van der Waals surface area (Å²) >= 11 is 3.48. The van der Waals surface area contributed by atoms with Crippen LogP contribution in [0.2, 0.25) is 0 Å². The fourth-order valence-corrected chi connectivity index (χ4v) is 3.17. The van der Waals surface area contributed by atoms with Gasteiger partial charge in [0, 0.05) is 31.0 Å². The fourth-order valence-electron chi connectivity index (χ4n) is 2.69. The molecule has 0 radical (unpaired) electrons. The first-order chi connectivity index (χ1) is 10.6. The van der Waals surface area contributed by atoms with Gasteiger partial charge in [0.2, 0.25) is 5.91 Å². The Morgan fingerprint density at radius 3 is 2.68 bits per heavy atom. The summed E-state index contributed by atoms with van der Waals surface area (Å²) in [6.45, 7) is 0.436. The molecule has 1 saturated heterocycles. The maximum Gasteiger partial charge on any atom is 0.328 e. The molecule has 5 nitrogen and oxygen atoms in total. The molecule has 0 unspecified atom stereocenters. The van der Waals surface area contributed by atoms with Gasteiger partial charge in [0.1, 0.15) is 6.04 Å². The third-order valence-corrected chi connectivity index (χ3v) is 4.73. The van der Waals surface area contributed by atoms with Crippen LogP contribution >= 0.6 is 15.9 Å². The molecule has 1 aromatic carbocycles. The molecule has 1 heterocycles. The monoisotopic (exact) mass is 369 g/mol.